The number of thiophene rings is 1. The highest BCUT2D eigenvalue weighted by Crippen LogP contribution is 2.31. The number of nitrogens with two attached hydrogens (primary N) is 1. The molecule has 3 nitrogen and oxygen atoms in total. The third-order valence-electron chi connectivity index (χ3n) is 2.86. The summed E-state index contributed by atoms with van der Waals surface area (Å²) in [4.78, 5) is 12.6. The predicted molar refractivity (Wildman–Crippen MR) is 89.4 cm³/mol. The number of hydrogen-bond donors (Lipinski definition) is 2. The van der Waals surface area contributed by atoms with Gasteiger partial charge < -0.3 is 11.1 Å². The van der Waals surface area contributed by atoms with Gasteiger partial charge in [-0.05, 0) is 23.8 Å². The number of anilines is 2. The highest BCUT2D eigenvalue weighted by molar-refractivity contribution is 9.10. The van der Waals surface area contributed by atoms with Gasteiger partial charge in [0.05, 0.1) is 15.6 Å². The Morgan fingerprint density at radius 3 is 2.80 bits per heavy atom. The van der Waals surface area contributed by atoms with Crippen molar-refractivity contribution in [3.05, 3.63) is 45.2 Å². The third kappa shape index (κ3) is 3.61. The van der Waals surface area contributed by atoms with Gasteiger partial charge in [0.15, 0.2) is 5.78 Å². The van der Waals surface area contributed by atoms with Crippen molar-refractivity contribution in [2.24, 2.45) is 5.92 Å². The SMILES string of the molecule is CC(C)C(=O)c1sc(NCc2cccc(Br)c2)cc1N. The summed E-state index contributed by atoms with van der Waals surface area (Å²) in [6, 6.07) is 9.93. The molecule has 0 aliphatic heterocycles. The van der Waals surface area contributed by atoms with Gasteiger partial charge in [0.25, 0.3) is 0 Å². The number of carbonyl (C=O) groups is 1. The molecule has 0 unspecified atom stereocenters. The Bertz CT molecular complexity index is 622. The Labute approximate surface area is 131 Å². The van der Waals surface area contributed by atoms with Crippen molar-refractivity contribution in [2.45, 2.75) is 20.4 Å². The largest absolute Gasteiger partial charge is 0.397 e. The summed E-state index contributed by atoms with van der Waals surface area (Å²) in [5.74, 6) is 0.0666. The average Bonchev–Trinajstić information content (AvgIpc) is 2.77. The Kier molecular flexibility index (Phi) is 4.83. The topological polar surface area (TPSA) is 55.1 Å². The number of Topliss-reactive ketones (excluding diaryl/α,β-unsaturated/α-hetero) is 1. The maximum atomic E-state index is 12.0. The van der Waals surface area contributed by atoms with Crippen molar-refractivity contribution < 1.29 is 4.79 Å². The van der Waals surface area contributed by atoms with Crippen LogP contribution in [0.25, 0.3) is 0 Å². The number of halogens is 1. The molecule has 0 amide bonds. The van der Waals surface area contributed by atoms with Crippen molar-refractivity contribution >= 4 is 43.7 Å². The van der Waals surface area contributed by atoms with E-state index in [1.807, 2.05) is 32.0 Å². The van der Waals surface area contributed by atoms with E-state index in [2.05, 4.69) is 33.4 Å². The maximum absolute atomic E-state index is 12.0. The summed E-state index contributed by atoms with van der Waals surface area (Å²) >= 11 is 4.87. The van der Waals surface area contributed by atoms with Gasteiger partial charge in [0, 0.05) is 16.9 Å². The second-order valence-corrected chi connectivity index (χ2v) is 6.87. The number of benzene rings is 1. The van der Waals surface area contributed by atoms with Gasteiger partial charge in [-0.2, -0.15) is 0 Å². The molecule has 20 heavy (non-hydrogen) atoms. The molecule has 0 radical (unpaired) electrons. The van der Waals surface area contributed by atoms with Gasteiger partial charge in [-0.1, -0.05) is 41.9 Å². The molecule has 0 bridgehead atoms. The van der Waals surface area contributed by atoms with Crippen LogP contribution in [0.2, 0.25) is 0 Å². The smallest absolute Gasteiger partial charge is 0.177 e. The molecule has 0 fully saturated rings. The summed E-state index contributed by atoms with van der Waals surface area (Å²) in [5, 5.41) is 4.23. The minimum atomic E-state index is -0.0334. The van der Waals surface area contributed by atoms with E-state index in [9.17, 15) is 4.79 Å². The Morgan fingerprint density at radius 2 is 2.15 bits per heavy atom. The molecule has 2 aromatic rings. The molecule has 2 rings (SSSR count). The van der Waals surface area contributed by atoms with Crippen LogP contribution in [0.1, 0.15) is 29.1 Å². The van der Waals surface area contributed by atoms with Crippen molar-refractivity contribution in [3.8, 4) is 0 Å². The van der Waals surface area contributed by atoms with Gasteiger partial charge in [0.2, 0.25) is 0 Å². The first-order chi connectivity index (χ1) is 9.47. The molecule has 1 heterocycles. The second-order valence-electron chi connectivity index (χ2n) is 4.90. The first-order valence-corrected chi connectivity index (χ1v) is 8.00. The molecular formula is C15H17BrN2OS. The van der Waals surface area contributed by atoms with E-state index in [-0.39, 0.29) is 11.7 Å². The lowest BCUT2D eigenvalue weighted by molar-refractivity contribution is 0.0944. The van der Waals surface area contributed by atoms with Gasteiger partial charge in [-0.15, -0.1) is 11.3 Å². The molecule has 3 N–H and O–H groups in total. The van der Waals surface area contributed by atoms with E-state index in [0.29, 0.717) is 17.1 Å². The van der Waals surface area contributed by atoms with E-state index in [1.165, 1.54) is 16.9 Å². The fraction of sp³-hybridized carbons (Fsp3) is 0.267. The number of nitrogen functional groups attached to an aromatic ring is 1. The van der Waals surface area contributed by atoms with Crippen LogP contribution in [0.3, 0.4) is 0 Å². The first-order valence-electron chi connectivity index (χ1n) is 6.39. The van der Waals surface area contributed by atoms with E-state index in [1.54, 1.807) is 0 Å². The molecule has 0 aliphatic carbocycles. The van der Waals surface area contributed by atoms with E-state index < -0.39 is 0 Å². The summed E-state index contributed by atoms with van der Waals surface area (Å²) < 4.78 is 1.05. The van der Waals surface area contributed by atoms with Crippen molar-refractivity contribution in [2.75, 3.05) is 11.1 Å². The zero-order valence-corrected chi connectivity index (χ0v) is 13.8. The van der Waals surface area contributed by atoms with Gasteiger partial charge in [-0.25, -0.2) is 0 Å². The van der Waals surface area contributed by atoms with Crippen LogP contribution in [-0.2, 0) is 6.54 Å². The van der Waals surface area contributed by atoms with Crippen LogP contribution in [-0.4, -0.2) is 5.78 Å². The lowest BCUT2D eigenvalue weighted by Crippen LogP contribution is -2.07. The van der Waals surface area contributed by atoms with Crippen LogP contribution in [0.15, 0.2) is 34.8 Å². The molecule has 0 saturated heterocycles. The predicted octanol–water partition coefficient (Wildman–Crippen LogP) is 4.54. The van der Waals surface area contributed by atoms with Crippen LogP contribution in [0.4, 0.5) is 10.7 Å². The normalized spacial score (nSPS) is 10.8. The second kappa shape index (κ2) is 6.41. The monoisotopic (exact) mass is 352 g/mol. The van der Waals surface area contributed by atoms with Crippen LogP contribution in [0, 0.1) is 5.92 Å². The minimum absolute atomic E-state index is 0.0334. The minimum Gasteiger partial charge on any atom is -0.397 e. The van der Waals surface area contributed by atoms with Crippen molar-refractivity contribution in [1.29, 1.82) is 0 Å². The first kappa shape index (κ1) is 15.1. The van der Waals surface area contributed by atoms with Gasteiger partial charge in [-0.3, -0.25) is 4.79 Å². The number of rotatable bonds is 5. The molecule has 106 valence electrons. The fourth-order valence-corrected chi connectivity index (χ4v) is 3.29. The molecule has 1 aromatic carbocycles. The van der Waals surface area contributed by atoms with Crippen LogP contribution in [0.5, 0.6) is 0 Å². The molecule has 0 spiro atoms. The molecule has 0 saturated carbocycles. The molecule has 5 heteroatoms. The van der Waals surface area contributed by atoms with Gasteiger partial charge >= 0.3 is 0 Å². The van der Waals surface area contributed by atoms with Crippen molar-refractivity contribution in [3.63, 3.8) is 0 Å². The number of hydrogen-bond acceptors (Lipinski definition) is 4. The highest BCUT2D eigenvalue weighted by atomic mass is 79.9. The third-order valence-corrected chi connectivity index (χ3v) is 4.48. The highest BCUT2D eigenvalue weighted by Gasteiger charge is 2.17. The molecule has 0 aliphatic rings. The Hall–Kier alpha value is -1.33. The maximum Gasteiger partial charge on any atom is 0.177 e. The van der Waals surface area contributed by atoms with E-state index in [0.717, 1.165) is 9.47 Å². The standard InChI is InChI=1S/C15H17BrN2OS/c1-9(2)14(19)15-12(17)7-13(20-15)18-8-10-4-3-5-11(16)6-10/h3-7,9,18H,8,17H2,1-2H3. The summed E-state index contributed by atoms with van der Waals surface area (Å²) in [6.07, 6.45) is 0. The lowest BCUT2D eigenvalue weighted by atomic mass is 10.1. The summed E-state index contributed by atoms with van der Waals surface area (Å²) in [7, 11) is 0. The van der Waals surface area contributed by atoms with Crippen LogP contribution < -0.4 is 11.1 Å². The Morgan fingerprint density at radius 1 is 1.40 bits per heavy atom. The van der Waals surface area contributed by atoms with E-state index >= 15 is 0 Å². The summed E-state index contributed by atoms with van der Waals surface area (Å²) in [6.45, 7) is 4.47. The Balaban J connectivity index is 2.08. The molecule has 1 aromatic heterocycles. The molecule has 0 atom stereocenters. The number of ketones is 1. The zero-order valence-electron chi connectivity index (χ0n) is 11.4. The van der Waals surface area contributed by atoms with Crippen LogP contribution >= 0.6 is 27.3 Å². The number of carbonyl (C=O) groups excluding carboxylic acids is 1. The zero-order chi connectivity index (χ0) is 14.7. The average molecular weight is 353 g/mol. The quantitative estimate of drug-likeness (QED) is 0.776. The summed E-state index contributed by atoms with van der Waals surface area (Å²) in [5.41, 5.74) is 7.65. The number of nitrogens with one attached hydrogen (secondary N) is 1. The van der Waals surface area contributed by atoms with Crippen molar-refractivity contribution in [1.82, 2.24) is 0 Å². The fourth-order valence-electron chi connectivity index (χ4n) is 1.78. The lowest BCUT2D eigenvalue weighted by Gasteiger charge is -2.04. The molecular weight excluding hydrogens is 336 g/mol. The van der Waals surface area contributed by atoms with Gasteiger partial charge in [0.1, 0.15) is 0 Å². The van der Waals surface area contributed by atoms with E-state index in [4.69, 9.17) is 5.73 Å².